The molecule has 11 heteroatoms. The zero-order chi connectivity index (χ0) is 38.4. The summed E-state index contributed by atoms with van der Waals surface area (Å²) in [5.74, 6) is -0.299. The molecule has 0 saturated heterocycles. The van der Waals surface area contributed by atoms with E-state index < -0.39 is 23.4 Å². The Labute approximate surface area is 310 Å². The van der Waals surface area contributed by atoms with Crippen molar-refractivity contribution in [1.29, 1.82) is 0 Å². The lowest BCUT2D eigenvalue weighted by molar-refractivity contribution is -0.106. The van der Waals surface area contributed by atoms with Crippen LogP contribution < -0.4 is 10.6 Å². The van der Waals surface area contributed by atoms with Crippen molar-refractivity contribution in [3.8, 4) is 0 Å². The van der Waals surface area contributed by atoms with Gasteiger partial charge < -0.3 is 14.2 Å². The Balaban J connectivity index is 1.17. The second-order valence-electron chi connectivity index (χ2n) is 14.0. The highest BCUT2D eigenvalue weighted by molar-refractivity contribution is 5.85. The number of anilines is 2. The highest BCUT2D eigenvalue weighted by atomic mass is 16.6. The van der Waals surface area contributed by atoms with Gasteiger partial charge in [-0.25, -0.2) is 19.2 Å². The molecular formula is C42H46N4O7. The van der Waals surface area contributed by atoms with Crippen LogP contribution in [0.1, 0.15) is 63.8 Å². The third-order valence-corrected chi connectivity index (χ3v) is 9.34. The molecule has 2 unspecified atom stereocenters. The summed E-state index contributed by atoms with van der Waals surface area (Å²) in [4.78, 5) is 53.5. The fourth-order valence-electron chi connectivity index (χ4n) is 5.09. The Morgan fingerprint density at radius 1 is 0.585 bits per heavy atom. The first-order valence-electron chi connectivity index (χ1n) is 17.4. The molecule has 2 amide bonds. The lowest BCUT2D eigenvalue weighted by atomic mass is 9.91. The van der Waals surface area contributed by atoms with Crippen LogP contribution in [0.15, 0.2) is 107 Å². The number of nitrogens with one attached hydrogen (secondary N) is 2. The maximum atomic E-state index is 12.8. The first kappa shape index (κ1) is 39.9. The maximum absolute atomic E-state index is 12.8. The van der Waals surface area contributed by atoms with Gasteiger partial charge in [-0.05, 0) is 111 Å². The number of hydrogen-bond donors (Lipinski definition) is 2. The van der Waals surface area contributed by atoms with Crippen molar-refractivity contribution in [2.24, 2.45) is 21.8 Å². The van der Waals surface area contributed by atoms with Crippen LogP contribution in [0.3, 0.4) is 0 Å². The van der Waals surface area contributed by atoms with E-state index in [1.54, 1.807) is 24.3 Å². The first-order valence-corrected chi connectivity index (χ1v) is 17.4. The maximum Gasteiger partial charge on any atom is 0.412 e. The number of carbonyl (C=O) groups is 2. The monoisotopic (exact) mass is 718 g/mol. The number of rotatable bonds is 16. The number of ether oxygens (including phenoxy) is 3. The molecule has 0 spiro atoms. The minimum absolute atomic E-state index is 0.138. The van der Waals surface area contributed by atoms with E-state index in [1.807, 2.05) is 114 Å². The molecule has 276 valence electrons. The molecule has 0 aliphatic heterocycles. The topological polar surface area (TPSA) is 145 Å². The zero-order valence-corrected chi connectivity index (χ0v) is 31.0. The van der Waals surface area contributed by atoms with Crippen molar-refractivity contribution < 1.29 is 33.4 Å². The molecule has 0 bridgehead atoms. The SMILES string of the molecule is CC(COC(=O)Nc1ccc(Cc2ccc(N=C=O)cc2)cc1)C(C)(C)OCC(C)C(C)(C)OC(=O)Nc1ccc(Cc2ccc(N=C=O)cc2)cc1. The van der Waals surface area contributed by atoms with Gasteiger partial charge in [0.25, 0.3) is 0 Å². The van der Waals surface area contributed by atoms with Crippen LogP contribution in [-0.4, -0.2) is 48.8 Å². The third kappa shape index (κ3) is 12.7. The van der Waals surface area contributed by atoms with Gasteiger partial charge in [0.2, 0.25) is 12.2 Å². The van der Waals surface area contributed by atoms with Crippen LogP contribution in [-0.2, 0) is 36.6 Å². The molecule has 0 aliphatic carbocycles. The van der Waals surface area contributed by atoms with Crippen molar-refractivity contribution in [3.63, 3.8) is 0 Å². The molecule has 4 rings (SSSR count). The summed E-state index contributed by atoms with van der Waals surface area (Å²) in [7, 11) is 0. The molecule has 0 aromatic heterocycles. The third-order valence-electron chi connectivity index (χ3n) is 9.34. The molecule has 4 aromatic carbocycles. The van der Waals surface area contributed by atoms with Crippen LogP contribution in [0, 0.1) is 11.8 Å². The van der Waals surface area contributed by atoms with E-state index in [0.717, 1.165) is 22.3 Å². The summed E-state index contributed by atoms with van der Waals surface area (Å²) in [5.41, 5.74) is 5.09. The second-order valence-corrected chi connectivity index (χ2v) is 14.0. The van der Waals surface area contributed by atoms with E-state index in [9.17, 15) is 19.2 Å². The van der Waals surface area contributed by atoms with Gasteiger partial charge in [-0.3, -0.25) is 10.6 Å². The Morgan fingerprint density at radius 2 is 0.962 bits per heavy atom. The van der Waals surface area contributed by atoms with Crippen molar-refractivity contribution in [3.05, 3.63) is 119 Å². The van der Waals surface area contributed by atoms with Crippen molar-refractivity contribution in [2.45, 2.75) is 65.6 Å². The highest BCUT2D eigenvalue weighted by Gasteiger charge is 2.34. The van der Waals surface area contributed by atoms with Gasteiger partial charge in [0, 0.05) is 23.2 Å². The van der Waals surface area contributed by atoms with Crippen LogP contribution in [0.4, 0.5) is 32.3 Å². The van der Waals surface area contributed by atoms with Gasteiger partial charge in [0.05, 0.1) is 30.2 Å². The summed E-state index contributed by atoms with van der Waals surface area (Å²) in [5, 5.41) is 5.57. The summed E-state index contributed by atoms with van der Waals surface area (Å²) < 4.78 is 17.6. The van der Waals surface area contributed by atoms with E-state index in [0.29, 0.717) is 42.2 Å². The number of aliphatic imine (C=N–C) groups is 2. The zero-order valence-electron chi connectivity index (χ0n) is 31.0. The van der Waals surface area contributed by atoms with Gasteiger partial charge in [0.1, 0.15) is 5.60 Å². The average molecular weight is 719 g/mol. The number of isocyanates is 2. The van der Waals surface area contributed by atoms with Crippen LogP contribution in [0.25, 0.3) is 0 Å². The molecule has 2 N–H and O–H groups in total. The quantitative estimate of drug-likeness (QED) is 0.0867. The first-order chi connectivity index (χ1) is 25.3. The summed E-state index contributed by atoms with van der Waals surface area (Å²) in [6, 6.07) is 29.7. The molecule has 11 nitrogen and oxygen atoms in total. The normalized spacial score (nSPS) is 12.3. The molecule has 0 radical (unpaired) electrons. The molecule has 0 fully saturated rings. The summed E-state index contributed by atoms with van der Waals surface area (Å²) in [6.07, 6.45) is 3.31. The minimum atomic E-state index is -0.841. The lowest BCUT2D eigenvalue weighted by Crippen LogP contribution is -2.43. The second kappa shape index (κ2) is 18.6. The Kier molecular flexibility index (Phi) is 14.0. The number of carbonyl (C=O) groups excluding carboxylic acids is 4. The molecule has 4 aromatic rings. The number of hydrogen-bond acceptors (Lipinski definition) is 9. The van der Waals surface area contributed by atoms with Crippen LogP contribution in [0.5, 0.6) is 0 Å². The van der Waals surface area contributed by atoms with Gasteiger partial charge >= 0.3 is 12.2 Å². The summed E-state index contributed by atoms with van der Waals surface area (Å²) in [6.45, 7) is 11.9. The van der Waals surface area contributed by atoms with Crippen LogP contribution in [0.2, 0.25) is 0 Å². The fraction of sp³-hybridized carbons (Fsp3) is 0.333. The number of benzene rings is 4. The largest absolute Gasteiger partial charge is 0.449 e. The standard InChI is InChI=1S/C42H46N4O7/c1-29(25-51-39(49)45-37-19-11-33(12-20-37)23-31-7-15-35(16-8-31)43-27-47)41(3,4)52-26-30(2)42(5,6)53-40(50)46-38-21-13-34(14-22-38)24-32-9-17-36(18-10-32)44-28-48/h7-22,29-30H,23-26H2,1-6H3,(H,45,49)(H,46,50). The Morgan fingerprint density at radius 3 is 1.38 bits per heavy atom. The van der Waals surface area contributed by atoms with E-state index >= 15 is 0 Å². The fourth-order valence-corrected chi connectivity index (χ4v) is 5.09. The minimum Gasteiger partial charge on any atom is -0.449 e. The van der Waals surface area contributed by atoms with Crippen molar-refractivity contribution >= 4 is 47.1 Å². The van der Waals surface area contributed by atoms with E-state index in [4.69, 9.17) is 14.2 Å². The van der Waals surface area contributed by atoms with Crippen molar-refractivity contribution in [1.82, 2.24) is 0 Å². The van der Waals surface area contributed by atoms with Gasteiger partial charge in [-0.15, -0.1) is 0 Å². The van der Waals surface area contributed by atoms with Crippen molar-refractivity contribution in [2.75, 3.05) is 23.8 Å². The van der Waals surface area contributed by atoms with E-state index in [1.165, 1.54) is 12.2 Å². The number of nitrogens with zero attached hydrogens (tertiary/aromatic N) is 2. The average Bonchev–Trinajstić information content (AvgIpc) is 3.13. The molecule has 0 heterocycles. The lowest BCUT2D eigenvalue weighted by Gasteiger charge is -2.36. The molecule has 0 saturated carbocycles. The molecular weight excluding hydrogens is 672 g/mol. The predicted octanol–water partition coefficient (Wildman–Crippen LogP) is 9.45. The predicted molar refractivity (Wildman–Crippen MR) is 204 cm³/mol. The van der Waals surface area contributed by atoms with Gasteiger partial charge in [-0.2, -0.15) is 9.98 Å². The van der Waals surface area contributed by atoms with E-state index in [-0.39, 0.29) is 18.4 Å². The number of amides is 2. The molecule has 0 aliphatic rings. The highest BCUT2D eigenvalue weighted by Crippen LogP contribution is 2.28. The van der Waals surface area contributed by atoms with E-state index in [2.05, 4.69) is 20.6 Å². The Hall–Kier alpha value is -5.86. The smallest absolute Gasteiger partial charge is 0.412 e. The summed E-state index contributed by atoms with van der Waals surface area (Å²) >= 11 is 0. The molecule has 2 atom stereocenters. The molecule has 53 heavy (non-hydrogen) atoms. The van der Waals surface area contributed by atoms with Gasteiger partial charge in [0.15, 0.2) is 0 Å². The van der Waals surface area contributed by atoms with Crippen LogP contribution >= 0.6 is 0 Å². The van der Waals surface area contributed by atoms with Gasteiger partial charge in [-0.1, -0.05) is 62.4 Å². The Bertz CT molecular complexity index is 1910.